The molecule has 1 aromatic heterocycles. The fourth-order valence-corrected chi connectivity index (χ4v) is 6.03. The molecule has 1 aliphatic heterocycles. The van der Waals surface area contributed by atoms with Gasteiger partial charge in [0.05, 0.1) is 0 Å². The summed E-state index contributed by atoms with van der Waals surface area (Å²) in [6.07, 6.45) is 4.10. The second-order valence-electron chi connectivity index (χ2n) is 9.02. The molecule has 0 bridgehead atoms. The Balaban J connectivity index is 1.60. The smallest absolute Gasteiger partial charge is 0.311 e. The summed E-state index contributed by atoms with van der Waals surface area (Å²) in [6, 6.07) is 1.54. The third-order valence-corrected chi connectivity index (χ3v) is 8.06. The Morgan fingerprint density at radius 2 is 1.73 bits per heavy atom. The molecule has 37 heavy (non-hydrogen) atoms. The third-order valence-electron chi connectivity index (χ3n) is 6.56. The van der Waals surface area contributed by atoms with Crippen molar-refractivity contribution in [1.82, 2.24) is 19.5 Å². The lowest BCUT2D eigenvalue weighted by Crippen LogP contribution is -2.43. The molecule has 3 amide bonds. The van der Waals surface area contributed by atoms with Gasteiger partial charge in [-0.05, 0) is 31.4 Å². The van der Waals surface area contributed by atoms with Crippen LogP contribution in [0.5, 0.6) is 0 Å². The van der Waals surface area contributed by atoms with Gasteiger partial charge in [0.2, 0.25) is 10.0 Å². The fourth-order valence-electron chi connectivity index (χ4n) is 4.69. The topological polar surface area (TPSA) is 130 Å². The molecule has 1 aliphatic carbocycles. The number of likely N-dealkylation sites (tertiary alicyclic amines) is 1. The molecule has 0 unspecified atom stereocenters. The van der Waals surface area contributed by atoms with Gasteiger partial charge in [0, 0.05) is 50.2 Å². The highest BCUT2D eigenvalue weighted by Crippen LogP contribution is 2.34. The van der Waals surface area contributed by atoms with Crippen molar-refractivity contribution in [2.75, 3.05) is 25.5 Å². The molecule has 1 saturated heterocycles. The molecule has 1 aromatic carbocycles. The number of nitrogens with zero attached hydrogens (tertiary/aromatic N) is 2. The SMILES string of the molecule is CNC(=O)C(=O)N1CC[C@@H](NS(=O)(=O)c2cn(C3CCCC3)c(C(=O)Nc3ccc(F)c(F)c3)c2F)C1. The van der Waals surface area contributed by atoms with Crippen molar-refractivity contribution in [2.24, 2.45) is 0 Å². The summed E-state index contributed by atoms with van der Waals surface area (Å²) in [6.45, 7) is 0.0484. The van der Waals surface area contributed by atoms with Crippen LogP contribution in [0.3, 0.4) is 0 Å². The number of carbonyl (C=O) groups excluding carboxylic acids is 3. The Morgan fingerprint density at radius 1 is 1.03 bits per heavy atom. The van der Waals surface area contributed by atoms with E-state index in [1.807, 2.05) is 0 Å². The zero-order valence-corrected chi connectivity index (χ0v) is 20.7. The highest BCUT2D eigenvalue weighted by atomic mass is 32.2. The molecule has 3 N–H and O–H groups in total. The van der Waals surface area contributed by atoms with Crippen molar-refractivity contribution in [3.05, 3.63) is 47.5 Å². The number of hydrogen-bond acceptors (Lipinski definition) is 5. The van der Waals surface area contributed by atoms with Crippen LogP contribution in [0, 0.1) is 17.5 Å². The lowest BCUT2D eigenvalue weighted by Gasteiger charge is -2.16. The van der Waals surface area contributed by atoms with Crippen LogP contribution in [0.1, 0.15) is 48.6 Å². The first-order chi connectivity index (χ1) is 17.5. The number of aromatic nitrogens is 1. The summed E-state index contributed by atoms with van der Waals surface area (Å²) in [4.78, 5) is 37.1. The van der Waals surface area contributed by atoms with Crippen LogP contribution in [0.4, 0.5) is 18.9 Å². The van der Waals surface area contributed by atoms with Crippen LogP contribution in [-0.4, -0.2) is 61.8 Å². The average molecular weight is 542 g/mol. The van der Waals surface area contributed by atoms with E-state index < -0.39 is 61.8 Å². The van der Waals surface area contributed by atoms with Gasteiger partial charge in [-0.15, -0.1) is 0 Å². The fraction of sp³-hybridized carbons (Fsp3) is 0.435. The molecule has 14 heteroatoms. The summed E-state index contributed by atoms with van der Waals surface area (Å²) in [7, 11) is -3.17. The van der Waals surface area contributed by atoms with Crippen LogP contribution in [-0.2, 0) is 19.6 Å². The van der Waals surface area contributed by atoms with Crippen molar-refractivity contribution in [2.45, 2.75) is 49.1 Å². The van der Waals surface area contributed by atoms with Gasteiger partial charge < -0.3 is 20.1 Å². The van der Waals surface area contributed by atoms with Gasteiger partial charge >= 0.3 is 11.8 Å². The summed E-state index contributed by atoms with van der Waals surface area (Å²) >= 11 is 0. The zero-order valence-electron chi connectivity index (χ0n) is 19.9. The number of carbonyl (C=O) groups is 3. The quantitative estimate of drug-likeness (QED) is 0.481. The van der Waals surface area contributed by atoms with E-state index in [4.69, 9.17) is 0 Å². The van der Waals surface area contributed by atoms with Crippen LogP contribution < -0.4 is 15.4 Å². The van der Waals surface area contributed by atoms with Crippen LogP contribution in [0.25, 0.3) is 0 Å². The number of halogens is 3. The molecule has 200 valence electrons. The highest BCUT2D eigenvalue weighted by molar-refractivity contribution is 7.89. The molecule has 2 aromatic rings. The van der Waals surface area contributed by atoms with Gasteiger partial charge in [-0.1, -0.05) is 12.8 Å². The average Bonchev–Trinajstić information content (AvgIpc) is 3.60. The Labute approximate surface area is 211 Å². The van der Waals surface area contributed by atoms with E-state index in [9.17, 15) is 31.6 Å². The second kappa shape index (κ2) is 10.5. The first kappa shape index (κ1) is 26.7. The van der Waals surface area contributed by atoms with Crippen molar-refractivity contribution < 1.29 is 36.0 Å². The molecular weight excluding hydrogens is 515 g/mol. The van der Waals surface area contributed by atoms with Crippen LogP contribution in [0.2, 0.25) is 0 Å². The van der Waals surface area contributed by atoms with Crippen LogP contribution >= 0.6 is 0 Å². The molecule has 10 nitrogen and oxygen atoms in total. The second-order valence-corrected chi connectivity index (χ2v) is 10.7. The molecule has 4 rings (SSSR count). The molecule has 2 fully saturated rings. The number of amides is 3. The highest BCUT2D eigenvalue weighted by Gasteiger charge is 2.36. The predicted molar refractivity (Wildman–Crippen MR) is 126 cm³/mol. The number of sulfonamides is 1. The molecule has 1 saturated carbocycles. The van der Waals surface area contributed by atoms with Crippen LogP contribution in [0.15, 0.2) is 29.3 Å². The van der Waals surface area contributed by atoms with Crippen molar-refractivity contribution >= 4 is 33.4 Å². The van der Waals surface area contributed by atoms with E-state index in [1.165, 1.54) is 16.5 Å². The maximum absolute atomic E-state index is 15.6. The number of rotatable bonds is 6. The van der Waals surface area contributed by atoms with E-state index >= 15 is 4.39 Å². The molecular formula is C23H26F3N5O5S. The Hall–Kier alpha value is -3.39. The van der Waals surface area contributed by atoms with Crippen molar-refractivity contribution in [3.8, 4) is 0 Å². The number of likely N-dealkylation sites (N-methyl/N-ethyl adjacent to an activating group) is 1. The number of hydrogen-bond donors (Lipinski definition) is 3. The number of benzene rings is 1. The summed E-state index contributed by atoms with van der Waals surface area (Å²) in [5, 5.41) is 4.51. The number of nitrogens with one attached hydrogen (secondary N) is 3. The van der Waals surface area contributed by atoms with Gasteiger partial charge in [0.25, 0.3) is 5.91 Å². The predicted octanol–water partition coefficient (Wildman–Crippen LogP) is 1.90. The van der Waals surface area contributed by atoms with E-state index in [-0.39, 0.29) is 31.2 Å². The largest absolute Gasteiger partial charge is 0.351 e. The van der Waals surface area contributed by atoms with Gasteiger partial charge in [0.15, 0.2) is 17.5 Å². The lowest BCUT2D eigenvalue weighted by atomic mass is 10.2. The standard InChI is InChI=1S/C23H26F3N5O5S/c1-27-22(33)23(34)30-9-8-14(11-30)29-37(35,36)18-12-31(15-4-2-3-5-15)20(19(18)26)21(32)28-13-6-7-16(24)17(25)10-13/h6-7,10,12,14-15,29H,2-5,8-9,11H2,1H3,(H,27,33)(H,28,32)/t14-/m1/s1. The van der Waals surface area contributed by atoms with E-state index in [1.54, 1.807) is 0 Å². The molecule has 2 aliphatic rings. The van der Waals surface area contributed by atoms with Gasteiger partial charge in [-0.3, -0.25) is 14.4 Å². The minimum absolute atomic E-state index is 0.0834. The lowest BCUT2D eigenvalue weighted by molar-refractivity contribution is -0.144. The van der Waals surface area contributed by atoms with Crippen molar-refractivity contribution in [1.29, 1.82) is 0 Å². The molecule has 0 spiro atoms. The third kappa shape index (κ3) is 5.49. The summed E-state index contributed by atoms with van der Waals surface area (Å²) < 4.78 is 72.4. The first-order valence-electron chi connectivity index (χ1n) is 11.7. The molecule has 1 atom stereocenters. The maximum atomic E-state index is 15.6. The molecule has 2 heterocycles. The monoisotopic (exact) mass is 541 g/mol. The number of anilines is 1. The minimum atomic E-state index is -4.47. The van der Waals surface area contributed by atoms with E-state index in [2.05, 4.69) is 15.4 Å². The Morgan fingerprint density at radius 3 is 2.38 bits per heavy atom. The van der Waals surface area contributed by atoms with E-state index in [0.717, 1.165) is 37.2 Å². The zero-order chi connectivity index (χ0) is 26.9. The minimum Gasteiger partial charge on any atom is -0.351 e. The maximum Gasteiger partial charge on any atom is 0.311 e. The summed E-state index contributed by atoms with van der Waals surface area (Å²) in [5.41, 5.74) is -0.670. The normalized spacial score (nSPS) is 18.3. The van der Waals surface area contributed by atoms with Gasteiger partial charge in [0.1, 0.15) is 10.6 Å². The summed E-state index contributed by atoms with van der Waals surface area (Å²) in [5.74, 6) is -6.27. The Bertz CT molecular complexity index is 1340. The molecule has 0 radical (unpaired) electrons. The van der Waals surface area contributed by atoms with Gasteiger partial charge in [-0.2, -0.15) is 0 Å². The Kier molecular flexibility index (Phi) is 7.59. The van der Waals surface area contributed by atoms with E-state index in [0.29, 0.717) is 12.8 Å². The van der Waals surface area contributed by atoms with Crippen molar-refractivity contribution in [3.63, 3.8) is 0 Å². The first-order valence-corrected chi connectivity index (χ1v) is 13.2. The van der Waals surface area contributed by atoms with Gasteiger partial charge in [-0.25, -0.2) is 26.3 Å².